The maximum Gasteiger partial charge on any atom is 0.416 e. The highest BCUT2D eigenvalue weighted by Gasteiger charge is 2.32. The van der Waals surface area contributed by atoms with Crippen LogP contribution >= 0.6 is 0 Å². The van der Waals surface area contributed by atoms with E-state index in [-0.39, 0.29) is 23.1 Å². The quantitative estimate of drug-likeness (QED) is 0.566. The molecule has 6 nitrogen and oxygen atoms in total. The number of ether oxygens (including phenoxy) is 2. The number of methoxy groups -OCH3 is 1. The lowest BCUT2D eigenvalue weighted by Crippen LogP contribution is -2.15. The van der Waals surface area contributed by atoms with E-state index >= 15 is 0 Å². The zero-order valence-corrected chi connectivity index (χ0v) is 15.3. The number of halogens is 4. The lowest BCUT2D eigenvalue weighted by atomic mass is 10.1. The number of alkyl halides is 3. The molecule has 0 unspecified atom stereocenters. The Morgan fingerprint density at radius 1 is 1.07 bits per heavy atom. The predicted octanol–water partition coefficient (Wildman–Crippen LogP) is 5.00. The van der Waals surface area contributed by atoms with Gasteiger partial charge in [-0.05, 0) is 36.4 Å². The Bertz CT molecular complexity index is 1090. The predicted molar refractivity (Wildman–Crippen MR) is 98.3 cm³/mol. The minimum absolute atomic E-state index is 0.185. The first-order valence-corrected chi connectivity index (χ1v) is 8.36. The molecule has 2 aromatic carbocycles. The Hall–Kier alpha value is -3.82. The van der Waals surface area contributed by atoms with E-state index < -0.39 is 34.8 Å². The number of hydrogen-bond acceptors (Lipinski definition) is 5. The van der Waals surface area contributed by atoms with Gasteiger partial charge in [-0.3, -0.25) is 4.79 Å². The standard InChI is InChI=1S/C20H14F4N2O4/c1-29-18-10-13(6-7-25-18)26-19(28)14-8-11(20(22,23)24)2-4-16(14)30-17-5-3-12(21)9-15(17)27/h2-10,27H,1H3,(H,25,26,28). The molecule has 0 fully saturated rings. The molecule has 156 valence electrons. The fourth-order valence-corrected chi connectivity index (χ4v) is 2.47. The molecule has 0 aliphatic rings. The van der Waals surface area contributed by atoms with E-state index in [1.54, 1.807) is 0 Å². The summed E-state index contributed by atoms with van der Waals surface area (Å²) >= 11 is 0. The van der Waals surface area contributed by atoms with Crippen LogP contribution in [-0.2, 0) is 6.18 Å². The van der Waals surface area contributed by atoms with E-state index in [9.17, 15) is 27.5 Å². The van der Waals surface area contributed by atoms with Gasteiger partial charge in [0.2, 0.25) is 5.88 Å². The van der Waals surface area contributed by atoms with Crippen molar-refractivity contribution in [1.82, 2.24) is 4.98 Å². The molecule has 30 heavy (non-hydrogen) atoms. The lowest BCUT2D eigenvalue weighted by molar-refractivity contribution is -0.137. The second kappa shape index (κ2) is 8.27. The Labute approximate surface area is 167 Å². The number of nitrogens with one attached hydrogen (secondary N) is 1. The Balaban J connectivity index is 1.99. The second-order valence-corrected chi connectivity index (χ2v) is 5.96. The Morgan fingerprint density at radius 3 is 2.47 bits per heavy atom. The summed E-state index contributed by atoms with van der Waals surface area (Å²) in [5, 5.41) is 12.2. The topological polar surface area (TPSA) is 80.7 Å². The summed E-state index contributed by atoms with van der Waals surface area (Å²) in [4.78, 5) is 16.6. The van der Waals surface area contributed by atoms with Crippen LogP contribution in [0.2, 0.25) is 0 Å². The summed E-state index contributed by atoms with van der Waals surface area (Å²) in [7, 11) is 1.36. The van der Waals surface area contributed by atoms with E-state index in [2.05, 4.69) is 10.3 Å². The number of pyridine rings is 1. The third kappa shape index (κ3) is 4.77. The molecule has 3 rings (SSSR count). The number of amides is 1. The summed E-state index contributed by atoms with van der Waals surface area (Å²) in [6.45, 7) is 0. The first-order chi connectivity index (χ1) is 14.2. The molecule has 0 aliphatic heterocycles. The number of aromatic nitrogens is 1. The molecule has 0 aliphatic carbocycles. The van der Waals surface area contributed by atoms with Crippen LogP contribution in [0.25, 0.3) is 0 Å². The second-order valence-electron chi connectivity index (χ2n) is 5.96. The molecule has 1 amide bonds. The largest absolute Gasteiger partial charge is 0.504 e. The molecule has 0 spiro atoms. The first kappa shape index (κ1) is 20.9. The van der Waals surface area contributed by atoms with E-state index in [4.69, 9.17) is 9.47 Å². The van der Waals surface area contributed by atoms with Crippen LogP contribution in [0.4, 0.5) is 23.2 Å². The average Bonchev–Trinajstić information content (AvgIpc) is 2.69. The Morgan fingerprint density at radius 2 is 1.80 bits per heavy atom. The van der Waals surface area contributed by atoms with E-state index in [0.29, 0.717) is 6.07 Å². The molecule has 1 aromatic heterocycles. The molecule has 3 aromatic rings. The van der Waals surface area contributed by atoms with Crippen molar-refractivity contribution in [2.24, 2.45) is 0 Å². The summed E-state index contributed by atoms with van der Waals surface area (Å²) < 4.78 is 62.9. The minimum atomic E-state index is -4.70. The van der Waals surface area contributed by atoms with Crippen LogP contribution in [0.5, 0.6) is 23.1 Å². The SMILES string of the molecule is COc1cc(NC(=O)c2cc(C(F)(F)F)ccc2Oc2ccc(F)cc2O)ccn1. The summed E-state index contributed by atoms with van der Waals surface area (Å²) in [5.74, 6) is -2.56. The molecule has 0 saturated carbocycles. The van der Waals surface area contributed by atoms with Gasteiger partial charge in [-0.25, -0.2) is 9.37 Å². The van der Waals surface area contributed by atoms with Crippen LogP contribution in [0.15, 0.2) is 54.7 Å². The van der Waals surface area contributed by atoms with Crippen LogP contribution in [0.1, 0.15) is 15.9 Å². The third-order valence-electron chi connectivity index (χ3n) is 3.89. The van der Waals surface area contributed by atoms with Gasteiger partial charge in [0.25, 0.3) is 5.91 Å². The number of anilines is 1. The molecule has 0 radical (unpaired) electrons. The normalized spacial score (nSPS) is 11.1. The van der Waals surface area contributed by atoms with Crippen molar-refractivity contribution < 1.29 is 36.9 Å². The number of carbonyl (C=O) groups excluding carboxylic acids is 1. The van der Waals surface area contributed by atoms with Crippen molar-refractivity contribution in [1.29, 1.82) is 0 Å². The highest BCUT2D eigenvalue weighted by Crippen LogP contribution is 2.37. The molecule has 1 heterocycles. The van der Waals surface area contributed by atoms with E-state index in [1.165, 1.54) is 25.4 Å². The third-order valence-corrected chi connectivity index (χ3v) is 3.89. The summed E-state index contributed by atoms with van der Waals surface area (Å²) in [5.41, 5.74) is -1.31. The maximum absolute atomic E-state index is 13.2. The average molecular weight is 422 g/mol. The lowest BCUT2D eigenvalue weighted by Gasteiger charge is -2.15. The van der Waals surface area contributed by atoms with Crippen LogP contribution in [0.3, 0.4) is 0 Å². The molecular weight excluding hydrogens is 408 g/mol. The van der Waals surface area contributed by atoms with E-state index in [0.717, 1.165) is 30.3 Å². The van der Waals surface area contributed by atoms with Gasteiger partial charge in [0.1, 0.15) is 11.6 Å². The smallest absolute Gasteiger partial charge is 0.416 e. The van der Waals surface area contributed by atoms with Gasteiger partial charge in [-0.15, -0.1) is 0 Å². The number of phenols is 1. The highest BCUT2D eigenvalue weighted by atomic mass is 19.4. The number of benzene rings is 2. The zero-order chi connectivity index (χ0) is 21.9. The zero-order valence-electron chi connectivity index (χ0n) is 15.3. The molecule has 2 N–H and O–H groups in total. The van der Waals surface area contributed by atoms with Crippen molar-refractivity contribution >= 4 is 11.6 Å². The molecule has 0 bridgehead atoms. The van der Waals surface area contributed by atoms with Crippen LogP contribution in [0, 0.1) is 5.82 Å². The van der Waals surface area contributed by atoms with Gasteiger partial charge in [0.15, 0.2) is 11.5 Å². The monoisotopic (exact) mass is 422 g/mol. The maximum atomic E-state index is 13.2. The molecule has 0 atom stereocenters. The van der Waals surface area contributed by atoms with Gasteiger partial charge >= 0.3 is 6.18 Å². The van der Waals surface area contributed by atoms with Crippen molar-refractivity contribution in [2.45, 2.75) is 6.18 Å². The summed E-state index contributed by atoms with van der Waals surface area (Å²) in [6.07, 6.45) is -3.36. The van der Waals surface area contributed by atoms with Crippen molar-refractivity contribution in [3.63, 3.8) is 0 Å². The fourth-order valence-electron chi connectivity index (χ4n) is 2.47. The van der Waals surface area contributed by atoms with Gasteiger partial charge in [-0.2, -0.15) is 13.2 Å². The minimum Gasteiger partial charge on any atom is -0.504 e. The number of phenolic OH excluding ortho intramolecular Hbond substituents is 1. The number of aromatic hydroxyl groups is 1. The number of hydrogen-bond donors (Lipinski definition) is 2. The number of rotatable bonds is 5. The van der Waals surface area contributed by atoms with E-state index in [1.807, 2.05) is 0 Å². The van der Waals surface area contributed by atoms with Gasteiger partial charge < -0.3 is 19.9 Å². The number of nitrogens with zero attached hydrogens (tertiary/aromatic N) is 1. The molecular formula is C20H14F4N2O4. The fraction of sp³-hybridized carbons (Fsp3) is 0.100. The number of carbonyl (C=O) groups is 1. The Kier molecular flexibility index (Phi) is 5.77. The first-order valence-electron chi connectivity index (χ1n) is 8.36. The molecule has 0 saturated heterocycles. The van der Waals surface area contributed by atoms with Gasteiger partial charge in [-0.1, -0.05) is 0 Å². The van der Waals surface area contributed by atoms with Gasteiger partial charge in [0.05, 0.1) is 18.2 Å². The molecule has 10 heteroatoms. The highest BCUT2D eigenvalue weighted by molar-refractivity contribution is 6.06. The van der Waals surface area contributed by atoms with Crippen LogP contribution in [-0.4, -0.2) is 23.1 Å². The van der Waals surface area contributed by atoms with Crippen molar-refractivity contribution in [3.05, 3.63) is 71.7 Å². The van der Waals surface area contributed by atoms with Crippen molar-refractivity contribution in [2.75, 3.05) is 12.4 Å². The van der Waals surface area contributed by atoms with Crippen molar-refractivity contribution in [3.8, 4) is 23.1 Å². The van der Waals surface area contributed by atoms with Gasteiger partial charge in [0, 0.05) is 24.0 Å². The summed E-state index contributed by atoms with van der Waals surface area (Å²) in [6, 6.07) is 7.90. The van der Waals surface area contributed by atoms with Crippen LogP contribution < -0.4 is 14.8 Å².